The van der Waals surface area contributed by atoms with Crippen molar-refractivity contribution < 1.29 is 14.2 Å². The molecular weight excluding hydrogens is 156 g/mol. The van der Waals surface area contributed by atoms with Crippen LogP contribution in [-0.2, 0) is 14.2 Å². The first-order chi connectivity index (χ1) is 5.90. The maximum absolute atomic E-state index is 5.45. The first kappa shape index (κ1) is 8.06. The maximum Gasteiger partial charge on any atom is 0.163 e. The van der Waals surface area contributed by atoms with Gasteiger partial charge in [-0.25, -0.2) is 0 Å². The van der Waals surface area contributed by atoms with Crippen molar-refractivity contribution >= 4 is 0 Å². The number of fused-ring (bicyclic) bond motifs is 1. The smallest absolute Gasteiger partial charge is 0.163 e. The van der Waals surface area contributed by atoms with Crippen LogP contribution in [-0.4, -0.2) is 25.8 Å². The molecule has 3 heteroatoms. The Bertz CT molecular complexity index is 184. The van der Waals surface area contributed by atoms with E-state index in [1.807, 2.05) is 0 Å². The predicted molar refractivity (Wildman–Crippen MR) is 42.1 cm³/mol. The fraction of sp³-hybridized carbons (Fsp3) is 0.778. The highest BCUT2D eigenvalue weighted by molar-refractivity contribution is 4.84. The van der Waals surface area contributed by atoms with Gasteiger partial charge in [0.15, 0.2) is 12.6 Å². The fourth-order valence-electron chi connectivity index (χ4n) is 1.69. The molecule has 2 rings (SSSR count). The third-order valence-electron chi connectivity index (χ3n) is 2.29. The normalized spacial score (nSPS) is 39.4. The Labute approximate surface area is 72.0 Å². The fourth-order valence-corrected chi connectivity index (χ4v) is 1.69. The average molecular weight is 168 g/mol. The molecule has 2 heterocycles. The van der Waals surface area contributed by atoms with Gasteiger partial charge in [-0.1, -0.05) is 5.92 Å². The minimum atomic E-state index is -0.142. The van der Waals surface area contributed by atoms with Gasteiger partial charge < -0.3 is 14.2 Å². The molecular formula is C9H12O3. The topological polar surface area (TPSA) is 27.7 Å². The molecule has 2 saturated heterocycles. The van der Waals surface area contributed by atoms with E-state index in [1.165, 1.54) is 0 Å². The van der Waals surface area contributed by atoms with Gasteiger partial charge >= 0.3 is 0 Å². The molecule has 12 heavy (non-hydrogen) atoms. The summed E-state index contributed by atoms with van der Waals surface area (Å²) in [4.78, 5) is 0. The second-order valence-corrected chi connectivity index (χ2v) is 3.10. The van der Waals surface area contributed by atoms with Crippen LogP contribution in [0.2, 0.25) is 0 Å². The van der Waals surface area contributed by atoms with E-state index in [2.05, 4.69) is 5.92 Å². The second-order valence-electron chi connectivity index (χ2n) is 3.10. The molecule has 0 saturated carbocycles. The number of hydrogen-bond donors (Lipinski definition) is 0. The lowest BCUT2D eigenvalue weighted by molar-refractivity contribution is -0.192. The minimum absolute atomic E-state index is 0.0345. The molecule has 2 fully saturated rings. The zero-order valence-electron chi connectivity index (χ0n) is 6.86. The van der Waals surface area contributed by atoms with E-state index in [1.54, 1.807) is 0 Å². The van der Waals surface area contributed by atoms with Crippen molar-refractivity contribution in [1.82, 2.24) is 0 Å². The van der Waals surface area contributed by atoms with E-state index < -0.39 is 0 Å². The molecule has 3 unspecified atom stereocenters. The van der Waals surface area contributed by atoms with Gasteiger partial charge in [0.25, 0.3) is 0 Å². The number of terminal acetylenes is 1. The lowest BCUT2D eigenvalue weighted by Crippen LogP contribution is -2.15. The van der Waals surface area contributed by atoms with Gasteiger partial charge in [0.05, 0.1) is 6.61 Å². The van der Waals surface area contributed by atoms with Crippen LogP contribution in [0.4, 0.5) is 0 Å². The minimum Gasteiger partial charge on any atom is -0.352 e. The monoisotopic (exact) mass is 168 g/mol. The molecule has 3 nitrogen and oxygen atoms in total. The quantitative estimate of drug-likeness (QED) is 0.569. The summed E-state index contributed by atoms with van der Waals surface area (Å²) < 4.78 is 16.0. The molecule has 0 bridgehead atoms. The summed E-state index contributed by atoms with van der Waals surface area (Å²) >= 11 is 0. The summed E-state index contributed by atoms with van der Waals surface area (Å²) in [6.07, 6.45) is 6.89. The van der Waals surface area contributed by atoms with Crippen LogP contribution in [0.15, 0.2) is 0 Å². The van der Waals surface area contributed by atoms with E-state index in [-0.39, 0.29) is 12.6 Å². The highest BCUT2D eigenvalue weighted by atomic mass is 16.8. The van der Waals surface area contributed by atoms with E-state index in [0.717, 1.165) is 19.4 Å². The van der Waals surface area contributed by atoms with Crippen molar-refractivity contribution in [3.8, 4) is 12.3 Å². The van der Waals surface area contributed by atoms with Crippen LogP contribution in [0.25, 0.3) is 0 Å². The molecule has 66 valence electrons. The van der Waals surface area contributed by atoms with Crippen molar-refractivity contribution in [1.29, 1.82) is 0 Å². The van der Waals surface area contributed by atoms with Gasteiger partial charge in [0.2, 0.25) is 0 Å². The zero-order valence-corrected chi connectivity index (χ0v) is 6.86. The maximum atomic E-state index is 5.45. The molecule has 0 aromatic heterocycles. The van der Waals surface area contributed by atoms with Crippen LogP contribution in [0.1, 0.15) is 12.8 Å². The van der Waals surface area contributed by atoms with E-state index in [4.69, 9.17) is 20.6 Å². The summed E-state index contributed by atoms with van der Waals surface area (Å²) in [7, 11) is 0. The van der Waals surface area contributed by atoms with Gasteiger partial charge in [0, 0.05) is 12.3 Å². The van der Waals surface area contributed by atoms with Crippen LogP contribution in [0.5, 0.6) is 0 Å². The summed E-state index contributed by atoms with van der Waals surface area (Å²) in [5.41, 5.74) is 0. The zero-order chi connectivity index (χ0) is 8.39. The Balaban J connectivity index is 1.80. The SMILES string of the molecule is C#CCOC1CC2CCOC2O1. The van der Waals surface area contributed by atoms with Crippen LogP contribution < -0.4 is 0 Å². The molecule has 0 amide bonds. The summed E-state index contributed by atoms with van der Waals surface area (Å²) in [5, 5.41) is 0. The molecule has 0 aliphatic carbocycles. The molecule has 0 N–H and O–H groups in total. The number of hydrogen-bond acceptors (Lipinski definition) is 3. The van der Waals surface area contributed by atoms with Crippen molar-refractivity contribution in [2.24, 2.45) is 5.92 Å². The lowest BCUT2D eigenvalue weighted by atomic mass is 10.1. The second kappa shape index (κ2) is 3.44. The standard InChI is InChI=1S/C9H12O3/c1-2-4-10-8-6-7-3-5-11-9(7)12-8/h1,7-9H,3-6H2. The Kier molecular flexibility index (Phi) is 2.31. The molecule has 0 aromatic carbocycles. The van der Waals surface area contributed by atoms with Gasteiger partial charge in [-0.15, -0.1) is 6.42 Å². The highest BCUT2D eigenvalue weighted by Gasteiger charge is 2.39. The molecule has 3 atom stereocenters. The van der Waals surface area contributed by atoms with Crippen molar-refractivity contribution in [3.05, 3.63) is 0 Å². The summed E-state index contributed by atoms with van der Waals surface area (Å²) in [6, 6.07) is 0. The van der Waals surface area contributed by atoms with Gasteiger partial charge in [-0.05, 0) is 6.42 Å². The molecule has 0 spiro atoms. The summed E-state index contributed by atoms with van der Waals surface area (Å²) in [5.74, 6) is 2.94. The van der Waals surface area contributed by atoms with Crippen LogP contribution >= 0.6 is 0 Å². The van der Waals surface area contributed by atoms with Crippen LogP contribution in [0.3, 0.4) is 0 Å². The Morgan fingerprint density at radius 3 is 3.25 bits per heavy atom. The van der Waals surface area contributed by atoms with Crippen molar-refractivity contribution in [3.63, 3.8) is 0 Å². The molecule has 0 aromatic rings. The first-order valence-electron chi connectivity index (χ1n) is 4.22. The average Bonchev–Trinajstić information content (AvgIpc) is 2.58. The van der Waals surface area contributed by atoms with E-state index in [9.17, 15) is 0 Å². The Morgan fingerprint density at radius 1 is 1.58 bits per heavy atom. The third kappa shape index (κ3) is 1.46. The number of rotatable bonds is 2. The highest BCUT2D eigenvalue weighted by Crippen LogP contribution is 2.34. The van der Waals surface area contributed by atoms with Crippen LogP contribution in [0, 0.1) is 18.3 Å². The largest absolute Gasteiger partial charge is 0.352 e. The predicted octanol–water partition coefficient (Wildman–Crippen LogP) is 0.745. The molecule has 0 radical (unpaired) electrons. The Morgan fingerprint density at radius 2 is 2.50 bits per heavy atom. The Hall–Kier alpha value is -0.560. The first-order valence-corrected chi connectivity index (χ1v) is 4.22. The van der Waals surface area contributed by atoms with E-state index in [0.29, 0.717) is 12.5 Å². The van der Waals surface area contributed by atoms with E-state index >= 15 is 0 Å². The molecule has 2 aliphatic rings. The van der Waals surface area contributed by atoms with Gasteiger partial charge in [-0.2, -0.15) is 0 Å². The van der Waals surface area contributed by atoms with Crippen molar-refractivity contribution in [2.45, 2.75) is 25.4 Å². The molecule has 2 aliphatic heterocycles. The van der Waals surface area contributed by atoms with Gasteiger partial charge in [-0.3, -0.25) is 0 Å². The summed E-state index contributed by atoms with van der Waals surface area (Å²) in [6.45, 7) is 1.14. The third-order valence-corrected chi connectivity index (χ3v) is 2.29. The van der Waals surface area contributed by atoms with Crippen molar-refractivity contribution in [2.75, 3.05) is 13.2 Å². The number of ether oxygens (including phenoxy) is 3. The van der Waals surface area contributed by atoms with Gasteiger partial charge in [0.1, 0.15) is 6.61 Å². The lowest BCUT2D eigenvalue weighted by Gasteiger charge is -2.10.